The second kappa shape index (κ2) is 11.0. The van der Waals surface area contributed by atoms with Gasteiger partial charge in [0.1, 0.15) is 23.1 Å². The molecule has 49 heavy (non-hydrogen) atoms. The molecule has 0 N–H and O–H groups in total. The lowest BCUT2D eigenvalue weighted by atomic mass is 9.91. The van der Waals surface area contributed by atoms with Gasteiger partial charge in [-0.25, -0.2) is 9.97 Å². The van der Waals surface area contributed by atoms with Crippen molar-refractivity contribution in [1.82, 2.24) is 9.97 Å². The van der Waals surface area contributed by atoms with Gasteiger partial charge in [0.05, 0.1) is 32.9 Å². The van der Waals surface area contributed by atoms with E-state index in [2.05, 4.69) is 9.97 Å². The highest BCUT2D eigenvalue weighted by Crippen LogP contribution is 2.39. The van der Waals surface area contributed by atoms with Crippen LogP contribution in [-0.4, -0.2) is 9.97 Å². The molecule has 3 heteroatoms. The molecule has 0 aliphatic carbocycles. The van der Waals surface area contributed by atoms with Crippen molar-refractivity contribution in [2.45, 2.75) is 0 Å². The minimum Gasteiger partial charge on any atom is -0.452 e. The second-order valence-electron chi connectivity index (χ2n) is 10.7. The molecule has 2 heterocycles. The summed E-state index contributed by atoms with van der Waals surface area (Å²) < 4.78 is 217. The molecule has 3 nitrogen and oxygen atoms in total. The fraction of sp³-hybridized carbons (Fsp3) is 0. The van der Waals surface area contributed by atoms with Gasteiger partial charge in [0.25, 0.3) is 0 Å². The number of hydrogen-bond acceptors (Lipinski definition) is 3. The molecule has 0 aliphatic rings. The van der Waals surface area contributed by atoms with Crippen molar-refractivity contribution in [3.05, 3.63) is 170 Å². The van der Waals surface area contributed by atoms with E-state index in [-0.39, 0.29) is 38.9 Å². The maximum atomic E-state index is 9.67. The first-order valence-corrected chi connectivity index (χ1v) is 14.6. The summed E-state index contributed by atoms with van der Waals surface area (Å²) in [5, 5.41) is -2.42. The Kier molecular flexibility index (Phi) is 2.87. The van der Waals surface area contributed by atoms with Gasteiger partial charge < -0.3 is 4.42 Å². The van der Waals surface area contributed by atoms with E-state index >= 15 is 0 Å². The van der Waals surface area contributed by atoms with E-state index in [1.54, 1.807) is 0 Å². The fourth-order valence-corrected chi connectivity index (χ4v) is 5.74. The molecular weight excluding hydrogens is 597 g/mol. The average Bonchev–Trinajstić information content (AvgIpc) is 3.75. The Bertz CT molecular complexity index is 4160. The van der Waals surface area contributed by atoms with E-state index in [1.807, 2.05) is 0 Å². The highest BCUT2D eigenvalue weighted by molar-refractivity contribution is 6.25. The summed E-state index contributed by atoms with van der Waals surface area (Å²) in [6, 6.07) is -13.8. The molecule has 0 amide bonds. The topological polar surface area (TPSA) is 38.9 Å². The number of fused-ring (bicyclic) bond motifs is 9. The van der Waals surface area contributed by atoms with E-state index in [0.717, 1.165) is 6.33 Å². The van der Waals surface area contributed by atoms with Gasteiger partial charge in [0.15, 0.2) is 5.58 Å². The Hall–Kier alpha value is -6.58. The van der Waals surface area contributed by atoms with Crippen LogP contribution in [0.4, 0.5) is 0 Å². The predicted molar refractivity (Wildman–Crippen MR) is 204 cm³/mol. The third-order valence-electron chi connectivity index (χ3n) is 7.96. The van der Waals surface area contributed by atoms with Crippen LogP contribution in [0.15, 0.2) is 174 Å². The minimum atomic E-state index is -0.865. The standard InChI is InChI=1S/C46H28N2O/c1-2-9-29(10-3-1)30-17-19-31(20-18-30)33-22-24-43-42(27-33)45-46(49-43)44(47-28-48-45)35-12-8-11-32(25-35)34-21-23-40-38-15-5-4-13-36(38)37-14-6-7-16-39(37)41(40)26-34/h1-28H/i1D,2D,3D,4D,5D,6D,7D,8D,9D,10D,11D,12D,13D,14D,15D,16D,17D,18D,19D,20D,21D,23D,25D,26D. The highest BCUT2D eigenvalue weighted by Gasteiger charge is 2.17. The van der Waals surface area contributed by atoms with Crippen molar-refractivity contribution in [3.8, 4) is 44.6 Å². The molecular formula is C46H28N2O. The van der Waals surface area contributed by atoms with Crippen LogP contribution in [0.2, 0.25) is 0 Å². The molecule has 0 fully saturated rings. The van der Waals surface area contributed by atoms with Crippen LogP contribution in [0.25, 0.3) is 99.0 Å². The number of aromatic nitrogens is 2. The first-order chi connectivity index (χ1) is 34.3. The molecule has 0 spiro atoms. The third-order valence-corrected chi connectivity index (χ3v) is 7.96. The van der Waals surface area contributed by atoms with Crippen LogP contribution < -0.4 is 0 Å². The van der Waals surface area contributed by atoms with Gasteiger partial charge in [-0.2, -0.15) is 0 Å². The second-order valence-corrected chi connectivity index (χ2v) is 10.7. The van der Waals surface area contributed by atoms with Crippen molar-refractivity contribution in [1.29, 1.82) is 0 Å². The monoisotopic (exact) mass is 648 g/mol. The van der Waals surface area contributed by atoms with E-state index in [1.165, 1.54) is 18.2 Å². The summed E-state index contributed by atoms with van der Waals surface area (Å²) >= 11 is 0. The first kappa shape index (κ1) is 12.8. The molecule has 10 rings (SSSR count). The zero-order valence-electron chi connectivity index (χ0n) is 48.6. The van der Waals surface area contributed by atoms with Gasteiger partial charge in [0.2, 0.25) is 0 Å². The Morgan fingerprint density at radius 1 is 0.408 bits per heavy atom. The maximum absolute atomic E-state index is 9.67. The van der Waals surface area contributed by atoms with E-state index in [9.17, 15) is 5.48 Å². The van der Waals surface area contributed by atoms with Gasteiger partial charge in [-0.1, -0.05) is 139 Å². The summed E-state index contributed by atoms with van der Waals surface area (Å²) in [5.74, 6) is 0. The number of hydrogen-bond donors (Lipinski definition) is 0. The molecule has 8 aromatic carbocycles. The zero-order chi connectivity index (χ0) is 53.2. The van der Waals surface area contributed by atoms with Gasteiger partial charge in [-0.3, -0.25) is 0 Å². The smallest absolute Gasteiger partial charge is 0.180 e. The lowest BCUT2D eigenvalue weighted by Gasteiger charge is -2.12. The molecule has 2 aromatic heterocycles. The first-order valence-electron chi connectivity index (χ1n) is 26.6. The Balaban J connectivity index is 1.23. The van der Waals surface area contributed by atoms with E-state index in [0.29, 0.717) is 0 Å². The van der Waals surface area contributed by atoms with Crippen molar-refractivity contribution in [2.75, 3.05) is 0 Å². The van der Waals surface area contributed by atoms with Crippen LogP contribution in [0.5, 0.6) is 0 Å². The molecule has 228 valence electrons. The number of rotatable bonds is 4. The van der Waals surface area contributed by atoms with Crippen molar-refractivity contribution >= 4 is 54.4 Å². The number of nitrogens with zero attached hydrogens (tertiary/aromatic N) is 2. The summed E-state index contributed by atoms with van der Waals surface area (Å²) in [4.78, 5) is 8.66. The summed E-state index contributed by atoms with van der Waals surface area (Å²) in [5.41, 5.74) is -3.38. The normalized spacial score (nSPS) is 18.5. The lowest BCUT2D eigenvalue weighted by molar-refractivity contribution is 0.667. The molecule has 0 aliphatic heterocycles. The van der Waals surface area contributed by atoms with Gasteiger partial charge in [0, 0.05) is 10.9 Å². The van der Waals surface area contributed by atoms with Crippen LogP contribution in [0, 0.1) is 0 Å². The van der Waals surface area contributed by atoms with Crippen molar-refractivity contribution in [2.24, 2.45) is 0 Å². The van der Waals surface area contributed by atoms with E-state index in [4.69, 9.17) is 31.8 Å². The highest BCUT2D eigenvalue weighted by atomic mass is 16.3. The molecule has 0 saturated heterocycles. The zero-order valence-corrected chi connectivity index (χ0v) is 24.6. The Morgan fingerprint density at radius 2 is 0.959 bits per heavy atom. The van der Waals surface area contributed by atoms with Crippen molar-refractivity contribution < 1.29 is 37.3 Å². The fourth-order valence-electron chi connectivity index (χ4n) is 5.74. The summed E-state index contributed by atoms with van der Waals surface area (Å²) in [7, 11) is 0. The largest absolute Gasteiger partial charge is 0.452 e. The Labute approximate surface area is 316 Å². The van der Waals surface area contributed by atoms with E-state index < -0.39 is 205 Å². The van der Waals surface area contributed by atoms with Crippen LogP contribution in [0.3, 0.4) is 0 Å². The number of furan rings is 1. The third kappa shape index (κ3) is 4.51. The quantitative estimate of drug-likeness (QED) is 0.178. The molecule has 0 unspecified atom stereocenters. The van der Waals surface area contributed by atoms with Gasteiger partial charge in [-0.15, -0.1) is 0 Å². The van der Waals surface area contributed by atoms with Crippen LogP contribution in [-0.2, 0) is 0 Å². The van der Waals surface area contributed by atoms with Crippen LogP contribution >= 0.6 is 0 Å². The maximum Gasteiger partial charge on any atom is 0.180 e. The summed E-state index contributed by atoms with van der Waals surface area (Å²) in [6.45, 7) is 0. The molecule has 0 bridgehead atoms. The van der Waals surface area contributed by atoms with Crippen molar-refractivity contribution in [3.63, 3.8) is 0 Å². The Morgan fingerprint density at radius 3 is 1.69 bits per heavy atom. The minimum absolute atomic E-state index is 0.00763. The van der Waals surface area contributed by atoms with Gasteiger partial charge >= 0.3 is 0 Å². The van der Waals surface area contributed by atoms with Crippen LogP contribution in [0.1, 0.15) is 32.9 Å². The summed E-state index contributed by atoms with van der Waals surface area (Å²) in [6.07, 6.45) is 1.02. The molecule has 10 aromatic rings. The van der Waals surface area contributed by atoms with Gasteiger partial charge in [-0.05, 0) is 89.9 Å². The molecule has 0 atom stereocenters. The predicted octanol–water partition coefficient (Wildman–Crippen LogP) is 12.5. The average molecular weight is 649 g/mol. The molecule has 0 saturated carbocycles. The lowest BCUT2D eigenvalue weighted by Crippen LogP contribution is -1.88. The number of benzene rings is 8. The SMILES string of the molecule is [2H]c1c([2H])c([2H])c(-c2c([2H])c([2H])c(-c3ccc4oc5c(-c6c([2H])c([2H])c([2H])c(-c7c([2H])c([2H])c8c9c([2H])c([2H])c([2H])c([2H])c9c9c([2H])c([2H])c([2H])c([2H])c9c8c7[2H])c6[2H])ncnc5c4c3)c([2H])c2[2H])c([2H])c1[2H]. The molecule has 0 radical (unpaired) electrons.